The highest BCUT2D eigenvalue weighted by Crippen LogP contribution is 2.70. The predicted molar refractivity (Wildman–Crippen MR) is 193 cm³/mol. The molecule has 2 bridgehead atoms. The average Bonchev–Trinajstić information content (AvgIpc) is 3.64. The molecule has 12 heteroatoms. The number of anilines is 3. The third-order valence-corrected chi connectivity index (χ3v) is 13.3. The fraction of sp³-hybridized carbons (Fsp3) is 0.525. The number of fused-ring (bicyclic) bond motifs is 3. The zero-order valence-electron chi connectivity index (χ0n) is 29.6. The summed E-state index contributed by atoms with van der Waals surface area (Å²) >= 11 is 0. The molecule has 3 aliphatic heterocycles. The van der Waals surface area contributed by atoms with Gasteiger partial charge >= 0.3 is 0 Å². The highest BCUT2D eigenvalue weighted by molar-refractivity contribution is 6.09. The van der Waals surface area contributed by atoms with Crippen molar-refractivity contribution in [3.63, 3.8) is 0 Å². The number of carbonyl (C=O) groups excluding carboxylic acids is 2. The molecule has 2 saturated heterocycles. The van der Waals surface area contributed by atoms with Gasteiger partial charge in [-0.15, -0.1) is 0 Å². The average molecular weight is 707 g/mol. The third kappa shape index (κ3) is 4.71. The highest BCUT2D eigenvalue weighted by atomic mass is 19.1. The van der Waals surface area contributed by atoms with Gasteiger partial charge in [0.05, 0.1) is 40.3 Å². The Labute approximate surface area is 301 Å². The third-order valence-electron chi connectivity index (χ3n) is 13.3. The number of halogens is 2. The van der Waals surface area contributed by atoms with Crippen molar-refractivity contribution >= 4 is 40.0 Å². The van der Waals surface area contributed by atoms with Crippen molar-refractivity contribution in [1.82, 2.24) is 29.3 Å². The van der Waals surface area contributed by atoms with E-state index >= 15 is 0 Å². The maximum atomic E-state index is 14.9. The summed E-state index contributed by atoms with van der Waals surface area (Å²) in [4.78, 5) is 48.6. The molecule has 4 aliphatic carbocycles. The van der Waals surface area contributed by atoms with Crippen molar-refractivity contribution in [2.24, 2.45) is 5.41 Å². The van der Waals surface area contributed by atoms with Crippen molar-refractivity contribution in [2.45, 2.75) is 101 Å². The summed E-state index contributed by atoms with van der Waals surface area (Å²) in [5.74, 6) is 0.229. The molecule has 3 aromatic heterocycles. The summed E-state index contributed by atoms with van der Waals surface area (Å²) in [6.45, 7) is 5.96. The quantitative estimate of drug-likeness (QED) is 0.234. The van der Waals surface area contributed by atoms with E-state index in [9.17, 15) is 18.4 Å². The van der Waals surface area contributed by atoms with E-state index < -0.39 is 22.3 Å². The number of alkyl halides is 1. The van der Waals surface area contributed by atoms with Gasteiger partial charge in [-0.2, -0.15) is 0 Å². The van der Waals surface area contributed by atoms with Crippen LogP contribution in [-0.2, 0) is 21.5 Å². The van der Waals surface area contributed by atoms with Gasteiger partial charge in [-0.3, -0.25) is 14.6 Å². The molecule has 2 amide bonds. The highest BCUT2D eigenvalue weighted by Gasteiger charge is 2.73. The Morgan fingerprint density at radius 1 is 1.00 bits per heavy atom. The van der Waals surface area contributed by atoms with Gasteiger partial charge in [-0.05, 0) is 102 Å². The molecule has 270 valence electrons. The number of likely N-dealkylation sites (tertiary alicyclic amines) is 2. The second kappa shape index (κ2) is 11.5. The Hall–Kier alpha value is -4.45. The first-order valence-electron chi connectivity index (χ1n) is 19.1. The molecular formula is C40H44F2N8O2. The second-order valence-corrected chi connectivity index (χ2v) is 16.4. The SMILES string of the molecule is CCn1cnc2cc(-c3ccc4c(c3)N([C@H]3C[C@@H](N5CCCCC5)C3)C(=O)C43CCN(C(=O)C45CC(F)(C4)C5)CC3)nc(Nc3ccncc3F)c21. The Morgan fingerprint density at radius 2 is 1.77 bits per heavy atom. The van der Waals surface area contributed by atoms with Crippen LogP contribution in [-0.4, -0.2) is 85.1 Å². The Morgan fingerprint density at radius 3 is 2.48 bits per heavy atom. The molecular weight excluding hydrogens is 662 g/mol. The summed E-state index contributed by atoms with van der Waals surface area (Å²) in [5.41, 5.74) is 2.92. The number of carbonyl (C=O) groups is 2. The van der Waals surface area contributed by atoms with E-state index in [1.54, 1.807) is 12.4 Å². The number of imidazole rings is 1. The van der Waals surface area contributed by atoms with Crippen LogP contribution < -0.4 is 10.2 Å². The predicted octanol–water partition coefficient (Wildman–Crippen LogP) is 6.51. The van der Waals surface area contributed by atoms with Gasteiger partial charge in [0, 0.05) is 49.2 Å². The van der Waals surface area contributed by atoms with E-state index in [0.29, 0.717) is 69.3 Å². The number of aryl methyl sites for hydroxylation is 1. The van der Waals surface area contributed by atoms with Crippen molar-refractivity contribution < 1.29 is 18.4 Å². The second-order valence-electron chi connectivity index (χ2n) is 16.4. The Bertz CT molecular complexity index is 2090. The summed E-state index contributed by atoms with van der Waals surface area (Å²) < 4.78 is 31.1. The number of piperidine rings is 2. The smallest absolute Gasteiger partial charge is 0.238 e. The number of rotatable bonds is 7. The lowest BCUT2D eigenvalue weighted by molar-refractivity contribution is -0.222. The number of pyridine rings is 2. The number of nitrogens with one attached hydrogen (secondary N) is 1. The van der Waals surface area contributed by atoms with Crippen LogP contribution in [0.5, 0.6) is 0 Å². The van der Waals surface area contributed by atoms with Gasteiger partial charge in [-0.1, -0.05) is 18.6 Å². The first-order chi connectivity index (χ1) is 25.2. The zero-order chi connectivity index (χ0) is 35.4. The first kappa shape index (κ1) is 32.2. The van der Waals surface area contributed by atoms with Crippen LogP contribution in [0, 0.1) is 11.2 Å². The molecule has 1 spiro atoms. The minimum atomic E-state index is -1.12. The van der Waals surface area contributed by atoms with Gasteiger partial charge in [0.1, 0.15) is 11.2 Å². The Balaban J connectivity index is 1.00. The molecule has 6 heterocycles. The van der Waals surface area contributed by atoms with Crippen LogP contribution in [0.3, 0.4) is 0 Å². The largest absolute Gasteiger partial charge is 0.342 e. The molecule has 6 fully saturated rings. The molecule has 0 unspecified atom stereocenters. The van der Waals surface area contributed by atoms with Gasteiger partial charge in [-0.25, -0.2) is 18.7 Å². The molecule has 4 saturated carbocycles. The van der Waals surface area contributed by atoms with Crippen molar-refractivity contribution in [3.05, 3.63) is 60.4 Å². The van der Waals surface area contributed by atoms with Crippen LogP contribution in [0.2, 0.25) is 0 Å². The van der Waals surface area contributed by atoms with Crippen LogP contribution in [0.15, 0.2) is 49.1 Å². The van der Waals surface area contributed by atoms with Gasteiger partial charge < -0.3 is 24.6 Å². The van der Waals surface area contributed by atoms with E-state index in [-0.39, 0.29) is 23.5 Å². The lowest BCUT2D eigenvalue weighted by Gasteiger charge is -2.65. The Kier molecular flexibility index (Phi) is 7.14. The molecule has 1 aromatic carbocycles. The minimum Gasteiger partial charge on any atom is -0.342 e. The molecule has 0 atom stereocenters. The number of aromatic nitrogens is 4. The molecule has 10 nitrogen and oxygen atoms in total. The summed E-state index contributed by atoms with van der Waals surface area (Å²) in [5, 5.41) is 3.20. The van der Waals surface area contributed by atoms with E-state index in [2.05, 4.69) is 37.2 Å². The number of nitrogens with zero attached hydrogens (tertiary/aromatic N) is 7. The number of hydrogen-bond acceptors (Lipinski definition) is 7. The van der Waals surface area contributed by atoms with Crippen LogP contribution >= 0.6 is 0 Å². The maximum Gasteiger partial charge on any atom is 0.238 e. The van der Waals surface area contributed by atoms with E-state index in [4.69, 9.17) is 4.98 Å². The first-order valence-corrected chi connectivity index (χ1v) is 19.1. The van der Waals surface area contributed by atoms with Gasteiger partial charge in [0.25, 0.3) is 0 Å². The van der Waals surface area contributed by atoms with Crippen molar-refractivity contribution in [1.29, 1.82) is 0 Å². The van der Waals surface area contributed by atoms with E-state index in [1.165, 1.54) is 31.7 Å². The monoisotopic (exact) mass is 706 g/mol. The van der Waals surface area contributed by atoms with Crippen molar-refractivity contribution in [2.75, 3.05) is 36.4 Å². The number of hydrogen-bond donors (Lipinski definition) is 1. The molecule has 1 N–H and O–H groups in total. The molecule has 4 aromatic rings. The fourth-order valence-electron chi connectivity index (χ4n) is 10.4. The van der Waals surface area contributed by atoms with Crippen LogP contribution in [0.4, 0.5) is 26.0 Å². The fourth-order valence-corrected chi connectivity index (χ4v) is 10.4. The molecule has 0 radical (unpaired) electrons. The van der Waals surface area contributed by atoms with Crippen LogP contribution in [0.25, 0.3) is 22.3 Å². The van der Waals surface area contributed by atoms with Gasteiger partial charge in [0.2, 0.25) is 11.8 Å². The zero-order valence-corrected chi connectivity index (χ0v) is 29.6. The lowest BCUT2D eigenvalue weighted by atomic mass is 9.42. The maximum absolute atomic E-state index is 14.9. The van der Waals surface area contributed by atoms with Gasteiger partial charge in [0.15, 0.2) is 11.6 Å². The number of amides is 2. The van der Waals surface area contributed by atoms with Crippen molar-refractivity contribution in [3.8, 4) is 11.3 Å². The lowest BCUT2D eigenvalue weighted by Crippen LogP contribution is -2.71. The summed E-state index contributed by atoms with van der Waals surface area (Å²) in [7, 11) is 0. The van der Waals surface area contributed by atoms with E-state index in [0.717, 1.165) is 53.8 Å². The molecule has 7 aliphatic rings. The topological polar surface area (TPSA) is 99.5 Å². The summed E-state index contributed by atoms with van der Waals surface area (Å²) in [6.07, 6.45) is 12.3. The van der Waals surface area contributed by atoms with E-state index in [1.807, 2.05) is 28.5 Å². The summed E-state index contributed by atoms with van der Waals surface area (Å²) in [6, 6.07) is 10.4. The molecule has 52 heavy (non-hydrogen) atoms. The minimum absolute atomic E-state index is 0.0751. The molecule has 11 rings (SSSR count). The standard InChI is InChI=1S/C40H44F2N8O2/c1-2-47-24-44-32-19-31(46-35(34(32)47)45-30-8-11-43-20-29(30)41)25-6-7-28-33(16-25)50(27-17-26(18-27)48-12-4-3-5-13-48)37(52)40(28)9-14-49(15-10-40)36(51)38-21-39(42,22-38)23-38/h6-8,11,16,19-20,24,26-27H,2-5,9-10,12-15,17-18,21-23H2,1H3,(H,43,45,46)/t26-,27+,38?,39?. The normalized spacial score (nSPS) is 29.1. The number of benzene rings is 1. The van der Waals surface area contributed by atoms with Crippen LogP contribution in [0.1, 0.15) is 76.7 Å².